The van der Waals surface area contributed by atoms with Crippen LogP contribution < -0.4 is 15.4 Å². The second-order valence-electron chi connectivity index (χ2n) is 4.22. The summed E-state index contributed by atoms with van der Waals surface area (Å²) in [5.74, 6) is 1.26. The Morgan fingerprint density at radius 2 is 2.10 bits per heavy atom. The molecule has 0 bridgehead atoms. The van der Waals surface area contributed by atoms with Crippen LogP contribution in [0.15, 0.2) is 28.7 Å². The van der Waals surface area contributed by atoms with E-state index in [0.29, 0.717) is 31.7 Å². The molecule has 2 aromatic rings. The Kier molecular flexibility index (Phi) is 5.99. The van der Waals surface area contributed by atoms with Gasteiger partial charge in [0.15, 0.2) is 0 Å². The van der Waals surface area contributed by atoms with Crippen molar-refractivity contribution in [3.63, 3.8) is 0 Å². The van der Waals surface area contributed by atoms with E-state index in [9.17, 15) is 0 Å². The Labute approximate surface area is 123 Å². The van der Waals surface area contributed by atoms with E-state index in [1.165, 1.54) is 0 Å². The highest BCUT2D eigenvalue weighted by atomic mass is 16.5. The highest BCUT2D eigenvalue weighted by Crippen LogP contribution is 2.26. The third-order valence-corrected chi connectivity index (χ3v) is 2.65. The first-order valence-electron chi connectivity index (χ1n) is 6.84. The van der Waals surface area contributed by atoms with Gasteiger partial charge in [0.05, 0.1) is 25.4 Å². The normalized spacial score (nSPS) is 10.6. The standard InChI is InChI=1S/C14H20N4O3/c1-3-20-12-7-5-4-6-11(12)16-14-18-17-13(21-14)10-15-8-9-19-2/h4-7,15H,3,8-10H2,1-2H3,(H,16,18). The molecule has 1 aromatic heterocycles. The Bertz CT molecular complexity index is 545. The van der Waals surface area contributed by atoms with Crippen molar-refractivity contribution in [2.75, 3.05) is 32.2 Å². The van der Waals surface area contributed by atoms with Crippen molar-refractivity contribution in [2.45, 2.75) is 13.5 Å². The van der Waals surface area contributed by atoms with Gasteiger partial charge in [-0.2, -0.15) is 0 Å². The summed E-state index contributed by atoms with van der Waals surface area (Å²) in [6, 6.07) is 7.94. The van der Waals surface area contributed by atoms with Crippen molar-refractivity contribution in [3.05, 3.63) is 30.2 Å². The third kappa shape index (κ3) is 4.73. The molecular weight excluding hydrogens is 272 g/mol. The van der Waals surface area contributed by atoms with Crippen molar-refractivity contribution in [1.82, 2.24) is 15.5 Å². The van der Waals surface area contributed by atoms with Gasteiger partial charge in [0.25, 0.3) is 0 Å². The van der Waals surface area contributed by atoms with Crippen LogP contribution in [0, 0.1) is 0 Å². The number of anilines is 2. The van der Waals surface area contributed by atoms with Crippen LogP contribution in [0.2, 0.25) is 0 Å². The summed E-state index contributed by atoms with van der Waals surface area (Å²) >= 11 is 0. The van der Waals surface area contributed by atoms with Crippen molar-refractivity contribution in [1.29, 1.82) is 0 Å². The summed E-state index contributed by atoms with van der Waals surface area (Å²) in [5, 5.41) is 14.1. The average Bonchev–Trinajstić information content (AvgIpc) is 2.94. The zero-order valence-corrected chi connectivity index (χ0v) is 12.3. The molecule has 7 heteroatoms. The molecule has 2 N–H and O–H groups in total. The molecule has 114 valence electrons. The SMILES string of the molecule is CCOc1ccccc1Nc1nnc(CNCCOC)o1. The quantitative estimate of drug-likeness (QED) is 0.683. The van der Waals surface area contributed by atoms with Crippen molar-refractivity contribution in [3.8, 4) is 5.75 Å². The number of aromatic nitrogens is 2. The fraction of sp³-hybridized carbons (Fsp3) is 0.429. The number of para-hydroxylation sites is 2. The number of nitrogens with zero attached hydrogens (tertiary/aromatic N) is 2. The Morgan fingerprint density at radius 1 is 1.24 bits per heavy atom. The van der Waals surface area contributed by atoms with E-state index < -0.39 is 0 Å². The average molecular weight is 292 g/mol. The van der Waals surface area contributed by atoms with Gasteiger partial charge in [0, 0.05) is 13.7 Å². The van der Waals surface area contributed by atoms with Gasteiger partial charge in [0.2, 0.25) is 5.89 Å². The van der Waals surface area contributed by atoms with E-state index in [-0.39, 0.29) is 0 Å². The van der Waals surface area contributed by atoms with Crippen LogP contribution >= 0.6 is 0 Å². The fourth-order valence-electron chi connectivity index (χ4n) is 1.71. The third-order valence-electron chi connectivity index (χ3n) is 2.65. The molecule has 7 nitrogen and oxygen atoms in total. The minimum Gasteiger partial charge on any atom is -0.492 e. The summed E-state index contributed by atoms with van der Waals surface area (Å²) in [7, 11) is 1.66. The molecule has 0 aliphatic heterocycles. The summed E-state index contributed by atoms with van der Waals surface area (Å²) < 4.78 is 16.0. The van der Waals surface area contributed by atoms with Gasteiger partial charge >= 0.3 is 6.01 Å². The van der Waals surface area contributed by atoms with Crippen molar-refractivity contribution < 1.29 is 13.9 Å². The zero-order chi connectivity index (χ0) is 14.9. The molecule has 0 amide bonds. The smallest absolute Gasteiger partial charge is 0.320 e. The van der Waals surface area contributed by atoms with Crippen LogP contribution in [0.3, 0.4) is 0 Å². The lowest BCUT2D eigenvalue weighted by Crippen LogP contribution is -2.18. The van der Waals surface area contributed by atoms with E-state index >= 15 is 0 Å². The van der Waals surface area contributed by atoms with E-state index in [1.54, 1.807) is 7.11 Å². The van der Waals surface area contributed by atoms with E-state index in [0.717, 1.165) is 18.0 Å². The van der Waals surface area contributed by atoms with Gasteiger partial charge in [0.1, 0.15) is 5.75 Å². The molecule has 0 atom stereocenters. The number of rotatable bonds is 9. The Hall–Kier alpha value is -2.12. The molecule has 0 aliphatic rings. The second-order valence-corrected chi connectivity index (χ2v) is 4.22. The first kappa shape index (κ1) is 15.3. The molecule has 1 heterocycles. The Morgan fingerprint density at radius 3 is 2.90 bits per heavy atom. The topological polar surface area (TPSA) is 81.4 Å². The van der Waals surface area contributed by atoms with E-state index in [2.05, 4.69) is 20.8 Å². The molecule has 0 saturated carbocycles. The summed E-state index contributed by atoms with van der Waals surface area (Å²) in [4.78, 5) is 0. The van der Waals surface area contributed by atoms with Gasteiger partial charge in [-0.3, -0.25) is 0 Å². The molecule has 21 heavy (non-hydrogen) atoms. The molecule has 0 unspecified atom stereocenters. The monoisotopic (exact) mass is 292 g/mol. The number of nitrogens with one attached hydrogen (secondary N) is 2. The maximum Gasteiger partial charge on any atom is 0.320 e. The highest BCUT2D eigenvalue weighted by molar-refractivity contribution is 5.61. The van der Waals surface area contributed by atoms with Gasteiger partial charge in [-0.15, -0.1) is 5.10 Å². The fourth-order valence-corrected chi connectivity index (χ4v) is 1.71. The number of hydrogen-bond acceptors (Lipinski definition) is 7. The number of hydrogen-bond donors (Lipinski definition) is 2. The largest absolute Gasteiger partial charge is 0.492 e. The molecular formula is C14H20N4O3. The van der Waals surface area contributed by atoms with Crippen LogP contribution in [-0.2, 0) is 11.3 Å². The van der Waals surface area contributed by atoms with Crippen molar-refractivity contribution in [2.24, 2.45) is 0 Å². The number of benzene rings is 1. The molecule has 0 spiro atoms. The summed E-state index contributed by atoms with van der Waals surface area (Å²) in [6.45, 7) is 4.41. The van der Waals surface area contributed by atoms with Crippen molar-refractivity contribution >= 4 is 11.7 Å². The van der Waals surface area contributed by atoms with Gasteiger partial charge in [-0.25, -0.2) is 0 Å². The second kappa shape index (κ2) is 8.23. The number of ether oxygens (including phenoxy) is 2. The van der Waals surface area contributed by atoms with Gasteiger partial charge in [-0.1, -0.05) is 17.2 Å². The predicted molar refractivity (Wildman–Crippen MR) is 78.8 cm³/mol. The molecule has 0 aliphatic carbocycles. The summed E-state index contributed by atoms with van der Waals surface area (Å²) in [5.41, 5.74) is 0.793. The lowest BCUT2D eigenvalue weighted by atomic mass is 10.3. The molecule has 2 rings (SSSR count). The zero-order valence-electron chi connectivity index (χ0n) is 12.3. The van der Waals surface area contributed by atoms with Crippen LogP contribution in [0.25, 0.3) is 0 Å². The van der Waals surface area contributed by atoms with Crippen LogP contribution in [-0.4, -0.2) is 37.1 Å². The molecule has 1 aromatic carbocycles. The summed E-state index contributed by atoms with van der Waals surface area (Å²) in [6.07, 6.45) is 0. The van der Waals surface area contributed by atoms with Crippen LogP contribution in [0.1, 0.15) is 12.8 Å². The lowest BCUT2D eigenvalue weighted by molar-refractivity contribution is 0.198. The number of methoxy groups -OCH3 is 1. The van der Waals surface area contributed by atoms with E-state index in [4.69, 9.17) is 13.9 Å². The predicted octanol–water partition coefficient (Wildman–Crippen LogP) is 1.95. The highest BCUT2D eigenvalue weighted by Gasteiger charge is 2.08. The van der Waals surface area contributed by atoms with Gasteiger partial charge < -0.3 is 24.5 Å². The maximum absolute atomic E-state index is 5.53. The Balaban J connectivity index is 1.93. The van der Waals surface area contributed by atoms with Gasteiger partial charge in [-0.05, 0) is 19.1 Å². The minimum atomic E-state index is 0.339. The molecule has 0 saturated heterocycles. The lowest BCUT2D eigenvalue weighted by Gasteiger charge is -2.09. The van der Waals surface area contributed by atoms with E-state index in [1.807, 2.05) is 31.2 Å². The van der Waals surface area contributed by atoms with Crippen LogP contribution in [0.4, 0.5) is 11.7 Å². The minimum absolute atomic E-state index is 0.339. The van der Waals surface area contributed by atoms with Crippen LogP contribution in [0.5, 0.6) is 5.75 Å². The molecule has 0 fully saturated rings. The maximum atomic E-state index is 5.53. The first-order chi connectivity index (χ1) is 10.3. The first-order valence-corrected chi connectivity index (χ1v) is 6.84. The molecule has 0 radical (unpaired) electrons.